The first-order chi connectivity index (χ1) is 14.0. The number of urea groups is 1. The normalized spacial score (nSPS) is 13.8. The number of hydrogen-bond acceptors (Lipinski definition) is 5. The topological polar surface area (TPSA) is 109 Å². The third-order valence-corrected chi connectivity index (χ3v) is 4.49. The molecule has 0 aromatic heterocycles. The van der Waals surface area contributed by atoms with E-state index in [1.54, 1.807) is 19.2 Å². The zero-order valence-corrected chi connectivity index (χ0v) is 16.2. The lowest BCUT2D eigenvalue weighted by atomic mass is 10.0. The number of ether oxygens (including phenoxy) is 2. The summed E-state index contributed by atoms with van der Waals surface area (Å²) >= 11 is 0. The molecule has 3 rings (SSSR count). The maximum Gasteiger partial charge on any atom is 0.319 e. The predicted molar refractivity (Wildman–Crippen MR) is 109 cm³/mol. The van der Waals surface area contributed by atoms with Crippen LogP contribution >= 0.6 is 0 Å². The summed E-state index contributed by atoms with van der Waals surface area (Å²) in [6.07, 6.45) is 0.256. The summed E-state index contributed by atoms with van der Waals surface area (Å²) in [5.41, 5.74) is 3.35. The molecule has 1 aliphatic rings. The molecule has 0 saturated carbocycles. The number of hydrogen-bond donors (Lipinski definition) is 4. The highest BCUT2D eigenvalue weighted by Crippen LogP contribution is 2.25. The zero-order valence-electron chi connectivity index (χ0n) is 16.2. The first-order valence-corrected chi connectivity index (χ1v) is 9.40. The van der Waals surface area contributed by atoms with E-state index in [2.05, 4.69) is 16.0 Å². The standard InChI is InChI=1S/C21H25N3O5/c1-28-18-6-2-14(3-7-18)12-29-13-17(25)11-22-21(27)23-16-5-8-19-15(10-16)4-9-20(26)24-19/h2-3,5-8,10,17,25H,4,9,11-13H2,1H3,(H,24,26)(H2,22,23,27). The van der Waals surface area contributed by atoms with Crippen LogP contribution in [0.1, 0.15) is 17.5 Å². The Morgan fingerprint density at radius 1 is 1.21 bits per heavy atom. The monoisotopic (exact) mass is 399 g/mol. The van der Waals surface area contributed by atoms with Crippen molar-refractivity contribution < 1.29 is 24.2 Å². The SMILES string of the molecule is COc1ccc(COCC(O)CNC(=O)Nc2ccc3c(c2)CCC(=O)N3)cc1. The minimum Gasteiger partial charge on any atom is -0.497 e. The average molecular weight is 399 g/mol. The molecule has 2 aromatic carbocycles. The summed E-state index contributed by atoms with van der Waals surface area (Å²) in [6.45, 7) is 0.527. The Morgan fingerprint density at radius 3 is 2.76 bits per heavy atom. The molecular weight excluding hydrogens is 374 g/mol. The van der Waals surface area contributed by atoms with Crippen molar-refractivity contribution in [2.24, 2.45) is 0 Å². The average Bonchev–Trinajstić information content (AvgIpc) is 2.73. The van der Waals surface area contributed by atoms with Gasteiger partial charge in [0.05, 0.1) is 26.4 Å². The number of anilines is 2. The number of benzene rings is 2. The van der Waals surface area contributed by atoms with Crippen LogP contribution in [0.25, 0.3) is 0 Å². The number of carbonyl (C=O) groups excluding carboxylic acids is 2. The minimum atomic E-state index is -0.822. The van der Waals surface area contributed by atoms with Crippen molar-refractivity contribution >= 4 is 23.3 Å². The first-order valence-electron chi connectivity index (χ1n) is 9.40. The third-order valence-electron chi connectivity index (χ3n) is 4.49. The highest BCUT2D eigenvalue weighted by Gasteiger charge is 2.15. The van der Waals surface area contributed by atoms with Gasteiger partial charge in [0.1, 0.15) is 5.75 Å². The van der Waals surface area contributed by atoms with Gasteiger partial charge in [-0.2, -0.15) is 0 Å². The Bertz CT molecular complexity index is 854. The maximum absolute atomic E-state index is 12.0. The second kappa shape index (κ2) is 9.90. The molecule has 0 radical (unpaired) electrons. The minimum absolute atomic E-state index is 0.000788. The van der Waals surface area contributed by atoms with Crippen molar-refractivity contribution in [3.63, 3.8) is 0 Å². The molecule has 0 fully saturated rings. The molecule has 0 aliphatic carbocycles. The van der Waals surface area contributed by atoms with Crippen LogP contribution < -0.4 is 20.7 Å². The quantitative estimate of drug-likeness (QED) is 0.545. The molecule has 1 unspecified atom stereocenters. The van der Waals surface area contributed by atoms with Crippen LogP contribution in [0.4, 0.5) is 16.2 Å². The van der Waals surface area contributed by atoms with Gasteiger partial charge in [0.25, 0.3) is 0 Å². The molecule has 8 nitrogen and oxygen atoms in total. The second-order valence-electron chi connectivity index (χ2n) is 6.77. The van der Waals surface area contributed by atoms with Gasteiger partial charge in [-0.1, -0.05) is 12.1 Å². The van der Waals surface area contributed by atoms with Crippen molar-refractivity contribution in [3.05, 3.63) is 53.6 Å². The molecule has 2 aromatic rings. The highest BCUT2D eigenvalue weighted by atomic mass is 16.5. The number of methoxy groups -OCH3 is 1. The molecule has 3 amide bonds. The fraction of sp³-hybridized carbons (Fsp3) is 0.333. The number of aliphatic hydroxyl groups is 1. The number of aliphatic hydroxyl groups excluding tert-OH is 1. The lowest BCUT2D eigenvalue weighted by molar-refractivity contribution is -0.116. The number of carbonyl (C=O) groups is 2. The van der Waals surface area contributed by atoms with Gasteiger partial charge in [0.2, 0.25) is 5.91 Å². The molecule has 8 heteroatoms. The van der Waals surface area contributed by atoms with Gasteiger partial charge in [-0.25, -0.2) is 4.79 Å². The van der Waals surface area contributed by atoms with Crippen molar-refractivity contribution in [3.8, 4) is 5.75 Å². The number of fused-ring (bicyclic) bond motifs is 1. The van der Waals surface area contributed by atoms with Gasteiger partial charge in [-0.3, -0.25) is 4.79 Å². The molecule has 0 spiro atoms. The second-order valence-corrected chi connectivity index (χ2v) is 6.77. The highest BCUT2D eigenvalue weighted by molar-refractivity contribution is 5.95. The van der Waals surface area contributed by atoms with Gasteiger partial charge in [0.15, 0.2) is 0 Å². The van der Waals surface area contributed by atoms with Gasteiger partial charge in [-0.05, 0) is 47.9 Å². The molecule has 1 aliphatic heterocycles. The summed E-state index contributed by atoms with van der Waals surface area (Å²) in [4.78, 5) is 23.4. The van der Waals surface area contributed by atoms with E-state index >= 15 is 0 Å². The molecule has 1 atom stereocenters. The summed E-state index contributed by atoms with van der Waals surface area (Å²) in [5.74, 6) is 0.770. The Labute approximate surface area is 169 Å². The van der Waals surface area contributed by atoms with E-state index in [1.807, 2.05) is 30.3 Å². The third kappa shape index (κ3) is 6.20. The maximum atomic E-state index is 12.0. The summed E-state index contributed by atoms with van der Waals surface area (Å²) in [5, 5.41) is 18.1. The molecule has 154 valence electrons. The van der Waals surface area contributed by atoms with Crippen molar-refractivity contribution in [1.29, 1.82) is 0 Å². The van der Waals surface area contributed by atoms with Gasteiger partial charge < -0.3 is 30.5 Å². The molecule has 0 bridgehead atoms. The first kappa shape index (κ1) is 20.6. The van der Waals surface area contributed by atoms with E-state index < -0.39 is 12.1 Å². The Kier molecular flexibility index (Phi) is 7.04. The fourth-order valence-electron chi connectivity index (χ4n) is 2.94. The Morgan fingerprint density at radius 2 is 2.00 bits per heavy atom. The zero-order chi connectivity index (χ0) is 20.6. The summed E-state index contributed by atoms with van der Waals surface area (Å²) in [7, 11) is 1.61. The van der Waals surface area contributed by atoms with Gasteiger partial charge in [0, 0.05) is 24.3 Å². The van der Waals surface area contributed by atoms with Crippen LogP contribution in [0.5, 0.6) is 5.75 Å². The van der Waals surface area contributed by atoms with Crippen LogP contribution in [-0.4, -0.2) is 43.4 Å². The van der Waals surface area contributed by atoms with Crippen LogP contribution in [0, 0.1) is 0 Å². The lowest BCUT2D eigenvalue weighted by Crippen LogP contribution is -2.37. The van der Waals surface area contributed by atoms with E-state index in [1.165, 1.54) is 0 Å². The number of nitrogens with one attached hydrogen (secondary N) is 3. The van der Waals surface area contributed by atoms with Crippen LogP contribution in [0.2, 0.25) is 0 Å². The van der Waals surface area contributed by atoms with E-state index in [9.17, 15) is 14.7 Å². The van der Waals surface area contributed by atoms with E-state index in [0.29, 0.717) is 25.1 Å². The van der Waals surface area contributed by atoms with Crippen LogP contribution in [0.15, 0.2) is 42.5 Å². The van der Waals surface area contributed by atoms with Crippen LogP contribution in [-0.2, 0) is 22.6 Å². The Balaban J connectivity index is 1.37. The number of rotatable bonds is 8. The predicted octanol–water partition coefficient (Wildman–Crippen LogP) is 2.28. The van der Waals surface area contributed by atoms with Crippen molar-refractivity contribution in [1.82, 2.24) is 5.32 Å². The van der Waals surface area contributed by atoms with Gasteiger partial charge in [-0.15, -0.1) is 0 Å². The molecule has 29 heavy (non-hydrogen) atoms. The smallest absolute Gasteiger partial charge is 0.319 e. The van der Waals surface area contributed by atoms with Crippen molar-refractivity contribution in [2.45, 2.75) is 25.6 Å². The summed E-state index contributed by atoms with van der Waals surface area (Å²) in [6, 6.07) is 12.4. The van der Waals surface area contributed by atoms with E-state index in [0.717, 1.165) is 22.6 Å². The molecule has 1 heterocycles. The largest absolute Gasteiger partial charge is 0.497 e. The summed E-state index contributed by atoms with van der Waals surface area (Å²) < 4.78 is 10.6. The molecule has 0 saturated heterocycles. The number of aryl methyl sites for hydroxylation is 1. The molecular formula is C21H25N3O5. The van der Waals surface area contributed by atoms with Crippen molar-refractivity contribution in [2.75, 3.05) is 30.9 Å². The number of amides is 3. The lowest BCUT2D eigenvalue weighted by Gasteiger charge is -2.18. The van der Waals surface area contributed by atoms with Crippen LogP contribution in [0.3, 0.4) is 0 Å². The molecule has 4 N–H and O–H groups in total. The van der Waals surface area contributed by atoms with Gasteiger partial charge >= 0.3 is 6.03 Å². The van der Waals surface area contributed by atoms with E-state index in [-0.39, 0.29) is 19.1 Å². The van der Waals surface area contributed by atoms with E-state index in [4.69, 9.17) is 9.47 Å². The fourth-order valence-corrected chi connectivity index (χ4v) is 2.94. The Hall–Kier alpha value is -3.10.